The molecule has 6 aliphatic carbocycles. The third kappa shape index (κ3) is 71.2. The summed E-state index contributed by atoms with van der Waals surface area (Å²) in [5.74, 6) is 6.19. The maximum absolute atomic E-state index is 9.68. The van der Waals surface area contributed by atoms with E-state index in [0.29, 0.717) is 73.1 Å². The second kappa shape index (κ2) is 114. The molecule has 5 unspecified atom stereocenters. The van der Waals surface area contributed by atoms with Gasteiger partial charge in [-0.3, -0.25) is 0 Å². The molecule has 0 aromatic rings. The Balaban J connectivity index is -0.0000000677. The van der Waals surface area contributed by atoms with Crippen molar-refractivity contribution >= 4 is 110 Å². The molecule has 21 heteroatoms. The smallest absolute Gasteiger partial charge is 0.0606 e. The van der Waals surface area contributed by atoms with Crippen molar-refractivity contribution in [1.29, 1.82) is 0 Å². The summed E-state index contributed by atoms with van der Waals surface area (Å²) in [6.45, 7) is 69.0. The topological polar surface area (TPSA) is 167 Å². The summed E-state index contributed by atoms with van der Waals surface area (Å²) in [6, 6.07) is 0. The quantitative estimate of drug-likeness (QED) is 0.0354. The Kier molecular flexibility index (Phi) is 152. The fourth-order valence-electron chi connectivity index (χ4n) is 14.6. The zero-order valence-electron chi connectivity index (χ0n) is 75.7. The third-order valence-electron chi connectivity index (χ3n) is 19.3. The average molecular weight is 1880 g/mol. The second-order valence-corrected chi connectivity index (χ2v) is 59.8. The van der Waals surface area contributed by atoms with E-state index in [-0.39, 0.29) is 80.6 Å². The van der Waals surface area contributed by atoms with Gasteiger partial charge in [-0.05, 0) is 134 Å². The van der Waals surface area contributed by atoms with Crippen molar-refractivity contribution in [3.8, 4) is 0 Å². The molecular weight excluding hydrogens is 1700 g/mol. The van der Waals surface area contributed by atoms with Gasteiger partial charge in [0.15, 0.2) is 0 Å². The maximum atomic E-state index is 9.68. The SMILES string of the molecule is C=C(CO)C1CCCCC[C@H]1C.C=C(CO)C1CCCCC[C@H]1O.C=C1CO[C@@H]2CCCCC[C@@H]12.CC.CC.CC.CC.CC.CC.CC.CC.CC.CC.CC.CC.CCC1CO[C@@H]2CCCCC[C@@H]12.OCC1CO[C@@H]2CCCCC[C@@H]12.[B].[B].[B].[B].[B].[B].[I][V]([I])[I].[N-]=[N+]=NCC1CO[C@@H]2CCCCC[C@@H]12. The second-order valence-electron chi connectivity index (χ2n) is 24.4. The summed E-state index contributed by atoms with van der Waals surface area (Å²) >= 11 is 7.39. The van der Waals surface area contributed by atoms with Crippen LogP contribution in [-0.2, 0) is 23.9 Å². The van der Waals surface area contributed by atoms with E-state index < -0.39 is 0 Å². The van der Waals surface area contributed by atoms with E-state index in [1.54, 1.807) is 0 Å². The number of aliphatic hydroxyl groups excluding tert-OH is 4. The van der Waals surface area contributed by atoms with Gasteiger partial charge in [-0.1, -0.05) is 333 Å². The van der Waals surface area contributed by atoms with Crippen molar-refractivity contribution < 1.29 is 44.3 Å². The minimum absolute atomic E-state index is 0. The number of rotatable bonds is 8. The van der Waals surface area contributed by atoms with Gasteiger partial charge in [-0.15, -0.1) is 0 Å². The Morgan fingerprint density at radius 2 is 0.710 bits per heavy atom. The molecule has 0 aromatic carbocycles. The van der Waals surface area contributed by atoms with E-state index in [9.17, 15) is 5.11 Å². The molecule has 10 fully saturated rings. The molecule has 0 spiro atoms. The van der Waals surface area contributed by atoms with Crippen molar-refractivity contribution in [1.82, 2.24) is 0 Å². The van der Waals surface area contributed by atoms with Crippen LogP contribution in [0, 0.1) is 59.2 Å². The minimum Gasteiger partial charge on any atom is -0.378 e. The van der Waals surface area contributed by atoms with Crippen molar-refractivity contribution in [2.24, 2.45) is 64.3 Å². The van der Waals surface area contributed by atoms with E-state index in [1.807, 2.05) is 166 Å². The van der Waals surface area contributed by atoms with Crippen molar-refractivity contribution in [3.05, 3.63) is 46.9 Å². The Labute approximate surface area is 721 Å². The number of fused-ring (bicyclic) bond motifs is 4. The number of nitrogens with zero attached hydrogens (tertiary/aromatic N) is 3. The average Bonchev–Trinajstić information content (AvgIpc) is 1.73. The van der Waals surface area contributed by atoms with Gasteiger partial charge >= 0.3 is 64.9 Å². The number of hydrogen-bond donors (Lipinski definition) is 4. The Bertz CT molecular complexity index is 1630. The van der Waals surface area contributed by atoms with Crippen LogP contribution in [0.25, 0.3) is 10.4 Å². The van der Waals surface area contributed by atoms with Gasteiger partial charge < -0.3 is 39.4 Å². The first-order valence-corrected chi connectivity index (χ1v) is 56.7. The van der Waals surface area contributed by atoms with Crippen molar-refractivity contribution in [2.45, 2.75) is 410 Å². The molecule has 18 radical (unpaired) electrons. The molecule has 4 aliphatic heterocycles. The summed E-state index contributed by atoms with van der Waals surface area (Å²) in [7, 11) is 0. The zero-order chi connectivity index (χ0) is 79.8. The predicted octanol–water partition coefficient (Wildman–Crippen LogP) is 26.9. The van der Waals surface area contributed by atoms with Crippen LogP contribution in [0.5, 0.6) is 0 Å². The van der Waals surface area contributed by atoms with Crippen LogP contribution in [-0.4, -0.2) is 154 Å². The van der Waals surface area contributed by atoms with Crippen LogP contribution in [0.3, 0.4) is 0 Å². The Hall–Kier alpha value is 1.37. The van der Waals surface area contributed by atoms with Gasteiger partial charge in [0.25, 0.3) is 0 Å². The number of aliphatic hydroxyl groups is 4. The van der Waals surface area contributed by atoms with Crippen LogP contribution in [0.4, 0.5) is 0 Å². The number of halogens is 3. The maximum Gasteiger partial charge on any atom is 0.0606 e. The van der Waals surface area contributed by atoms with Crippen LogP contribution >= 0.6 is 59.9 Å². The molecule has 4 heterocycles. The number of hydrogen-bond acceptors (Lipinski definition) is 9. The molecule has 4 N–H and O–H groups in total. The molecule has 107 heavy (non-hydrogen) atoms. The molecule has 632 valence electrons. The number of azide groups is 1. The normalized spacial score (nSPS) is 26.3. The summed E-state index contributed by atoms with van der Waals surface area (Å²) in [5, 5.41) is 40.4. The van der Waals surface area contributed by atoms with E-state index >= 15 is 0 Å². The van der Waals surface area contributed by atoms with E-state index in [4.69, 9.17) is 39.8 Å². The standard InChI is InChI=1S/2C11H20O.C10H17N3O.2C10H18O2.C10H16O.12C2H6.6B.3HI.V/c1-2-9-8-12-11-7-5-3-4-6-10(9)11;1-9-6-4-3-5-7-11(9)10(2)8-12;11-13-12-6-8-7-14-10-5-3-1-2-4-9(8)10;11-6-8-7-12-10-5-3-1-2-4-9(8)10;1-8(7-11)9-5-3-2-4-6-10(9)12;1-8-7-11-10-6-4-2-3-5-9(8)10;12*1-2;;;;;;;;;;/h9-11H,2-8H2,1H3;9,11-12H,2-8H2,1H3;8-10H,1-7H2;8-11H,1-7H2;9-12H,1-7H2;9-10H,1-7H2;12*1-2H3;;;;;;;3*1H;/q;;;;;;;;;;;;;;;;;;;;;;;;;;;+3/p-3/t9?,10-,11+;9-,11?;2*8?,9-,10+;9?,10-;9-,10+;;;;;;;;;;;;;;;;;;;;;;/m010010....................../s1. The van der Waals surface area contributed by atoms with Crippen molar-refractivity contribution in [3.63, 3.8) is 0 Å². The van der Waals surface area contributed by atoms with Gasteiger partial charge in [0.1, 0.15) is 0 Å². The summed E-state index contributed by atoms with van der Waals surface area (Å²) in [6.07, 6.45) is 41.7. The van der Waals surface area contributed by atoms with Gasteiger partial charge in [-0.2, -0.15) is 0 Å². The van der Waals surface area contributed by atoms with Gasteiger partial charge in [0, 0.05) is 86.3 Å². The summed E-state index contributed by atoms with van der Waals surface area (Å²) < 4.78 is 22.9. The molecule has 0 aromatic heterocycles. The summed E-state index contributed by atoms with van der Waals surface area (Å²) in [4.78, 5) is 2.55. The monoisotopic (exact) mass is 1880 g/mol. The van der Waals surface area contributed by atoms with Crippen LogP contribution < -0.4 is 0 Å². The molecule has 10 rings (SSSR count). The first kappa shape index (κ1) is 143. The predicted molar refractivity (Wildman–Crippen MR) is 510 cm³/mol. The largest absolute Gasteiger partial charge is 0.378 e. The van der Waals surface area contributed by atoms with Crippen LogP contribution in [0.1, 0.15) is 379 Å². The van der Waals surface area contributed by atoms with E-state index in [1.165, 1.54) is 179 Å². The zero-order valence-corrected chi connectivity index (χ0v) is 83.5. The molecule has 10 aliphatic rings. The molecule has 11 nitrogen and oxygen atoms in total. The first-order valence-electron chi connectivity index (χ1n) is 43.1. The molecule has 0 amide bonds. The summed E-state index contributed by atoms with van der Waals surface area (Å²) in [5.41, 5.74) is 11.5. The fraction of sp³-hybridized carbons (Fsp3) is 0.930. The van der Waals surface area contributed by atoms with Crippen molar-refractivity contribution in [2.75, 3.05) is 52.8 Å². The van der Waals surface area contributed by atoms with Gasteiger partial charge in [0.05, 0.1) is 70.2 Å². The third-order valence-corrected chi connectivity index (χ3v) is 19.3. The molecule has 15 atom stereocenters. The van der Waals surface area contributed by atoms with Gasteiger partial charge in [0.2, 0.25) is 0 Å². The van der Waals surface area contributed by atoms with Gasteiger partial charge in [-0.25, -0.2) is 0 Å². The Morgan fingerprint density at radius 3 is 1.07 bits per heavy atom. The fourth-order valence-corrected chi connectivity index (χ4v) is 14.6. The number of ether oxygens (including phenoxy) is 4. The van der Waals surface area contributed by atoms with E-state index in [2.05, 4.69) is 104 Å². The molecule has 6 saturated carbocycles. The minimum atomic E-state index is -0.278. The molecule has 0 bridgehead atoms. The van der Waals surface area contributed by atoms with E-state index in [0.717, 1.165) is 81.0 Å². The Morgan fingerprint density at radius 1 is 0.421 bits per heavy atom. The molecule has 4 saturated heterocycles. The molecular formula is C86H181B6I3N3O8V. The van der Waals surface area contributed by atoms with Crippen LogP contribution in [0.15, 0.2) is 41.6 Å². The van der Waals surface area contributed by atoms with Crippen LogP contribution in [0.2, 0.25) is 0 Å². The first-order chi connectivity index (χ1) is 49.4.